The van der Waals surface area contributed by atoms with Crippen LogP contribution in [0.2, 0.25) is 0 Å². The predicted octanol–water partition coefficient (Wildman–Crippen LogP) is 2.89. The molecule has 0 atom stereocenters. The first-order chi connectivity index (χ1) is 8.24. The Morgan fingerprint density at radius 2 is 2.00 bits per heavy atom. The maximum absolute atomic E-state index is 9.47. The molecule has 0 fully saturated rings. The molecule has 1 aromatic heterocycles. The van der Waals surface area contributed by atoms with E-state index in [1.165, 1.54) is 0 Å². The molecule has 1 heterocycles. The number of phenols is 1. The fraction of sp³-hybridized carbons (Fsp3) is 0. The highest BCUT2D eigenvalue weighted by molar-refractivity contribution is 9.10. The molecule has 84 valence electrons. The molecule has 2 aromatic carbocycles. The maximum Gasteiger partial charge on any atom is 0.117 e. The summed E-state index contributed by atoms with van der Waals surface area (Å²) in [5.41, 5.74) is 2.49. The largest absolute Gasteiger partial charge is 0.508 e. The monoisotopic (exact) mass is 289 g/mol. The molecular weight excluding hydrogens is 282 g/mol. The Morgan fingerprint density at radius 3 is 2.82 bits per heavy atom. The van der Waals surface area contributed by atoms with Crippen LogP contribution in [0.3, 0.4) is 0 Å². The molecule has 0 unspecified atom stereocenters. The third-order valence-corrected chi connectivity index (χ3v) is 2.98. The van der Waals surface area contributed by atoms with Crippen LogP contribution in [-0.2, 0) is 0 Å². The summed E-state index contributed by atoms with van der Waals surface area (Å²) in [6.45, 7) is 0. The van der Waals surface area contributed by atoms with Crippen LogP contribution in [0.4, 0.5) is 0 Å². The molecule has 0 radical (unpaired) electrons. The van der Waals surface area contributed by atoms with Crippen LogP contribution in [0.1, 0.15) is 0 Å². The van der Waals surface area contributed by atoms with Gasteiger partial charge in [-0.25, -0.2) is 4.68 Å². The molecule has 0 bridgehead atoms. The van der Waals surface area contributed by atoms with E-state index in [1.807, 2.05) is 24.3 Å². The molecule has 0 aliphatic heterocycles. The third kappa shape index (κ3) is 1.78. The first-order valence-corrected chi connectivity index (χ1v) is 5.84. The summed E-state index contributed by atoms with van der Waals surface area (Å²) in [6, 6.07) is 12.7. The lowest BCUT2D eigenvalue weighted by molar-refractivity contribution is 0.475. The van der Waals surface area contributed by atoms with Crippen molar-refractivity contribution in [3.05, 3.63) is 46.9 Å². The molecule has 0 aliphatic carbocycles. The van der Waals surface area contributed by atoms with Gasteiger partial charge in [0.1, 0.15) is 11.3 Å². The number of aromatic hydroxyl groups is 1. The van der Waals surface area contributed by atoms with Crippen LogP contribution in [0.15, 0.2) is 46.9 Å². The van der Waals surface area contributed by atoms with Crippen molar-refractivity contribution in [1.82, 2.24) is 15.0 Å². The Kier molecular flexibility index (Phi) is 2.33. The van der Waals surface area contributed by atoms with Gasteiger partial charge in [-0.15, -0.1) is 5.10 Å². The Hall–Kier alpha value is -1.88. The summed E-state index contributed by atoms with van der Waals surface area (Å²) in [4.78, 5) is 0. The van der Waals surface area contributed by atoms with Gasteiger partial charge in [0, 0.05) is 10.5 Å². The van der Waals surface area contributed by atoms with Gasteiger partial charge in [0.05, 0.1) is 11.2 Å². The molecular formula is C12H8BrN3O. The number of nitrogens with zero attached hydrogens (tertiary/aromatic N) is 3. The summed E-state index contributed by atoms with van der Waals surface area (Å²) < 4.78 is 2.66. The molecule has 0 saturated carbocycles. The van der Waals surface area contributed by atoms with Gasteiger partial charge in [-0.05, 0) is 30.3 Å². The lowest BCUT2D eigenvalue weighted by Gasteiger charge is -2.02. The van der Waals surface area contributed by atoms with E-state index in [1.54, 1.807) is 22.9 Å². The van der Waals surface area contributed by atoms with Gasteiger partial charge in [0.15, 0.2) is 0 Å². The number of fused-ring (bicyclic) bond motifs is 1. The van der Waals surface area contributed by atoms with Crippen LogP contribution in [-0.4, -0.2) is 20.1 Å². The summed E-state index contributed by atoms with van der Waals surface area (Å²) in [5, 5.41) is 17.6. The van der Waals surface area contributed by atoms with Crippen molar-refractivity contribution < 1.29 is 5.11 Å². The number of hydrogen-bond acceptors (Lipinski definition) is 3. The van der Waals surface area contributed by atoms with Gasteiger partial charge in [0.2, 0.25) is 0 Å². The smallest absolute Gasteiger partial charge is 0.117 e. The number of rotatable bonds is 1. The van der Waals surface area contributed by atoms with E-state index in [0.717, 1.165) is 21.2 Å². The van der Waals surface area contributed by atoms with Crippen molar-refractivity contribution in [1.29, 1.82) is 0 Å². The Labute approximate surface area is 106 Å². The Morgan fingerprint density at radius 1 is 1.12 bits per heavy atom. The van der Waals surface area contributed by atoms with E-state index in [4.69, 9.17) is 0 Å². The molecule has 4 nitrogen and oxygen atoms in total. The standard InChI is InChI=1S/C12H8BrN3O/c13-8-4-5-11-12(6-8)16(15-14-11)9-2-1-3-10(17)7-9/h1-7,17H. The van der Waals surface area contributed by atoms with Gasteiger partial charge in [-0.2, -0.15) is 0 Å². The van der Waals surface area contributed by atoms with Crippen molar-refractivity contribution in [2.75, 3.05) is 0 Å². The van der Waals surface area contributed by atoms with E-state index < -0.39 is 0 Å². The Bertz CT molecular complexity index is 693. The zero-order chi connectivity index (χ0) is 11.8. The first-order valence-electron chi connectivity index (χ1n) is 5.04. The number of hydrogen-bond donors (Lipinski definition) is 1. The molecule has 17 heavy (non-hydrogen) atoms. The Balaban J connectivity index is 2.27. The van der Waals surface area contributed by atoms with Crippen LogP contribution >= 0.6 is 15.9 Å². The SMILES string of the molecule is Oc1cccc(-n2nnc3ccc(Br)cc32)c1. The fourth-order valence-electron chi connectivity index (χ4n) is 1.71. The molecule has 0 aliphatic rings. The van der Waals surface area contributed by atoms with Crippen LogP contribution in [0, 0.1) is 0 Å². The highest BCUT2D eigenvalue weighted by Gasteiger charge is 2.07. The molecule has 5 heteroatoms. The van der Waals surface area contributed by atoms with E-state index in [-0.39, 0.29) is 5.75 Å². The second kappa shape index (κ2) is 3.85. The normalized spacial score (nSPS) is 10.9. The number of benzene rings is 2. The van der Waals surface area contributed by atoms with Crippen molar-refractivity contribution >= 4 is 27.0 Å². The zero-order valence-corrected chi connectivity index (χ0v) is 10.3. The average Bonchev–Trinajstić information content (AvgIpc) is 2.71. The molecule has 3 aromatic rings. The maximum atomic E-state index is 9.47. The second-order valence-corrected chi connectivity index (χ2v) is 4.57. The topological polar surface area (TPSA) is 50.9 Å². The van der Waals surface area contributed by atoms with Crippen LogP contribution < -0.4 is 0 Å². The van der Waals surface area contributed by atoms with Gasteiger partial charge in [-0.1, -0.05) is 27.2 Å². The number of aromatic nitrogens is 3. The van der Waals surface area contributed by atoms with Gasteiger partial charge in [-0.3, -0.25) is 0 Å². The highest BCUT2D eigenvalue weighted by atomic mass is 79.9. The van der Waals surface area contributed by atoms with E-state index in [9.17, 15) is 5.11 Å². The highest BCUT2D eigenvalue weighted by Crippen LogP contribution is 2.22. The average molecular weight is 290 g/mol. The zero-order valence-electron chi connectivity index (χ0n) is 8.71. The fourth-order valence-corrected chi connectivity index (χ4v) is 2.06. The minimum Gasteiger partial charge on any atom is -0.508 e. The first kappa shape index (κ1) is 10.3. The quantitative estimate of drug-likeness (QED) is 0.749. The van der Waals surface area contributed by atoms with Crippen molar-refractivity contribution in [2.24, 2.45) is 0 Å². The molecule has 0 amide bonds. The molecule has 0 spiro atoms. The minimum atomic E-state index is 0.209. The van der Waals surface area contributed by atoms with E-state index in [0.29, 0.717) is 0 Å². The van der Waals surface area contributed by atoms with Gasteiger partial charge < -0.3 is 5.11 Å². The van der Waals surface area contributed by atoms with Gasteiger partial charge in [0.25, 0.3) is 0 Å². The predicted molar refractivity (Wildman–Crippen MR) is 68.2 cm³/mol. The molecule has 0 saturated heterocycles. The van der Waals surface area contributed by atoms with E-state index in [2.05, 4.69) is 26.2 Å². The van der Waals surface area contributed by atoms with Gasteiger partial charge >= 0.3 is 0 Å². The number of phenolic OH excluding ortho intramolecular Hbond substituents is 1. The van der Waals surface area contributed by atoms with E-state index >= 15 is 0 Å². The minimum absolute atomic E-state index is 0.209. The lowest BCUT2D eigenvalue weighted by atomic mass is 10.2. The van der Waals surface area contributed by atoms with Crippen molar-refractivity contribution in [3.63, 3.8) is 0 Å². The summed E-state index contributed by atoms with van der Waals surface area (Å²) in [6.07, 6.45) is 0. The second-order valence-electron chi connectivity index (χ2n) is 3.65. The summed E-state index contributed by atoms with van der Waals surface area (Å²) in [7, 11) is 0. The molecule has 1 N–H and O–H groups in total. The van der Waals surface area contributed by atoms with Crippen LogP contribution in [0.5, 0.6) is 5.75 Å². The summed E-state index contributed by atoms with van der Waals surface area (Å²) in [5.74, 6) is 0.209. The lowest BCUT2D eigenvalue weighted by Crippen LogP contribution is -1.95. The van der Waals surface area contributed by atoms with Crippen molar-refractivity contribution in [3.8, 4) is 11.4 Å². The number of halogens is 1. The van der Waals surface area contributed by atoms with Crippen LogP contribution in [0.25, 0.3) is 16.7 Å². The summed E-state index contributed by atoms with van der Waals surface area (Å²) >= 11 is 3.42. The third-order valence-electron chi connectivity index (χ3n) is 2.48. The molecule has 3 rings (SSSR count). The van der Waals surface area contributed by atoms with Crippen molar-refractivity contribution in [2.45, 2.75) is 0 Å².